The summed E-state index contributed by atoms with van der Waals surface area (Å²) in [6.07, 6.45) is 1.70. The van der Waals surface area contributed by atoms with Gasteiger partial charge in [-0.05, 0) is 37.1 Å². The average molecular weight is 246 g/mol. The van der Waals surface area contributed by atoms with E-state index in [0.29, 0.717) is 30.6 Å². The molecule has 18 heavy (non-hydrogen) atoms. The number of hydrogen-bond donors (Lipinski definition) is 1. The van der Waals surface area contributed by atoms with Gasteiger partial charge in [-0.25, -0.2) is 0 Å². The van der Waals surface area contributed by atoms with Crippen molar-refractivity contribution in [3.8, 4) is 0 Å². The first-order valence-corrected chi connectivity index (χ1v) is 6.27. The maximum absolute atomic E-state index is 12.5. The number of benzene rings is 1. The Kier molecular flexibility index (Phi) is 3.11. The van der Waals surface area contributed by atoms with E-state index in [-0.39, 0.29) is 11.8 Å². The largest absolute Gasteiger partial charge is 0.399 e. The molecule has 0 atom stereocenters. The molecule has 1 aromatic carbocycles. The molecule has 1 saturated heterocycles. The van der Waals surface area contributed by atoms with Gasteiger partial charge in [0.1, 0.15) is 0 Å². The zero-order valence-corrected chi connectivity index (χ0v) is 10.8. The SMILES string of the molecule is CCC1(CC)CC(=O)N(c2ccc(N)cc2)C1=O. The molecule has 0 saturated carbocycles. The fraction of sp³-hybridized carbons (Fsp3) is 0.429. The van der Waals surface area contributed by atoms with Crippen LogP contribution in [0.5, 0.6) is 0 Å². The van der Waals surface area contributed by atoms with Gasteiger partial charge < -0.3 is 5.73 Å². The lowest BCUT2D eigenvalue weighted by Crippen LogP contribution is -2.35. The Hall–Kier alpha value is -1.84. The summed E-state index contributed by atoms with van der Waals surface area (Å²) >= 11 is 0. The van der Waals surface area contributed by atoms with Crippen LogP contribution in [-0.4, -0.2) is 11.8 Å². The number of carbonyl (C=O) groups is 2. The third kappa shape index (κ3) is 1.78. The summed E-state index contributed by atoms with van der Waals surface area (Å²) in [5.74, 6) is -0.198. The molecule has 2 N–H and O–H groups in total. The average Bonchev–Trinajstić information content (AvgIpc) is 2.63. The van der Waals surface area contributed by atoms with Crippen LogP contribution in [0.1, 0.15) is 33.1 Å². The van der Waals surface area contributed by atoms with Crippen molar-refractivity contribution in [3.63, 3.8) is 0 Å². The maximum atomic E-state index is 12.5. The highest BCUT2D eigenvalue weighted by Gasteiger charge is 2.49. The molecular formula is C14H18N2O2. The van der Waals surface area contributed by atoms with E-state index in [9.17, 15) is 9.59 Å². The minimum absolute atomic E-state index is 0.0812. The number of hydrogen-bond acceptors (Lipinski definition) is 3. The van der Waals surface area contributed by atoms with Crippen molar-refractivity contribution in [2.75, 3.05) is 10.6 Å². The molecule has 0 spiro atoms. The van der Waals surface area contributed by atoms with E-state index in [1.165, 1.54) is 4.90 Å². The summed E-state index contributed by atoms with van der Waals surface area (Å²) < 4.78 is 0. The van der Waals surface area contributed by atoms with E-state index in [1.54, 1.807) is 24.3 Å². The van der Waals surface area contributed by atoms with E-state index < -0.39 is 5.41 Å². The Morgan fingerprint density at radius 1 is 1.17 bits per heavy atom. The number of anilines is 2. The summed E-state index contributed by atoms with van der Waals surface area (Å²) in [5.41, 5.74) is 6.33. The molecule has 2 rings (SSSR count). The molecule has 1 aromatic rings. The Morgan fingerprint density at radius 2 is 1.72 bits per heavy atom. The lowest BCUT2D eigenvalue weighted by Gasteiger charge is -2.23. The number of carbonyl (C=O) groups excluding carboxylic acids is 2. The number of rotatable bonds is 3. The quantitative estimate of drug-likeness (QED) is 0.657. The second kappa shape index (κ2) is 4.44. The second-order valence-corrected chi connectivity index (χ2v) is 4.79. The Labute approximate surface area is 107 Å². The first kappa shape index (κ1) is 12.6. The van der Waals surface area contributed by atoms with Gasteiger partial charge in [-0.1, -0.05) is 13.8 Å². The zero-order valence-electron chi connectivity index (χ0n) is 10.8. The van der Waals surface area contributed by atoms with Crippen molar-refractivity contribution in [1.29, 1.82) is 0 Å². The fourth-order valence-corrected chi connectivity index (χ4v) is 2.48. The first-order chi connectivity index (χ1) is 8.54. The summed E-state index contributed by atoms with van der Waals surface area (Å²) in [6.45, 7) is 3.92. The molecule has 1 aliphatic heterocycles. The summed E-state index contributed by atoms with van der Waals surface area (Å²) in [5, 5.41) is 0. The third-order valence-electron chi connectivity index (χ3n) is 3.90. The summed E-state index contributed by atoms with van der Waals surface area (Å²) in [7, 11) is 0. The minimum Gasteiger partial charge on any atom is -0.399 e. The summed E-state index contributed by atoms with van der Waals surface area (Å²) in [6, 6.07) is 6.83. The van der Waals surface area contributed by atoms with Gasteiger partial charge in [-0.3, -0.25) is 14.5 Å². The van der Waals surface area contributed by atoms with E-state index in [0.717, 1.165) is 0 Å². The highest BCUT2D eigenvalue weighted by atomic mass is 16.2. The van der Waals surface area contributed by atoms with Crippen LogP contribution in [0, 0.1) is 5.41 Å². The van der Waals surface area contributed by atoms with Crippen molar-refractivity contribution in [3.05, 3.63) is 24.3 Å². The highest BCUT2D eigenvalue weighted by Crippen LogP contribution is 2.41. The predicted molar refractivity (Wildman–Crippen MR) is 71.0 cm³/mol. The lowest BCUT2D eigenvalue weighted by atomic mass is 9.81. The Balaban J connectivity index is 2.38. The Bertz CT molecular complexity index is 475. The Morgan fingerprint density at radius 3 is 2.17 bits per heavy atom. The molecule has 0 bridgehead atoms. The van der Waals surface area contributed by atoms with Crippen LogP contribution in [0.4, 0.5) is 11.4 Å². The van der Waals surface area contributed by atoms with Gasteiger partial charge in [0.15, 0.2) is 0 Å². The number of nitrogen functional groups attached to an aromatic ring is 1. The number of amides is 2. The van der Waals surface area contributed by atoms with Gasteiger partial charge in [0, 0.05) is 12.1 Å². The lowest BCUT2D eigenvalue weighted by molar-refractivity contribution is -0.126. The molecular weight excluding hydrogens is 228 g/mol. The first-order valence-electron chi connectivity index (χ1n) is 6.27. The van der Waals surface area contributed by atoms with Crippen LogP contribution in [0.15, 0.2) is 24.3 Å². The molecule has 0 unspecified atom stereocenters. The van der Waals surface area contributed by atoms with Gasteiger partial charge in [-0.2, -0.15) is 0 Å². The molecule has 4 nitrogen and oxygen atoms in total. The van der Waals surface area contributed by atoms with Crippen LogP contribution >= 0.6 is 0 Å². The monoisotopic (exact) mass is 246 g/mol. The topological polar surface area (TPSA) is 63.4 Å². The van der Waals surface area contributed by atoms with Crippen LogP contribution in [0.3, 0.4) is 0 Å². The van der Waals surface area contributed by atoms with Gasteiger partial charge in [0.05, 0.1) is 11.1 Å². The van der Waals surface area contributed by atoms with Crippen molar-refractivity contribution in [1.82, 2.24) is 0 Å². The van der Waals surface area contributed by atoms with Gasteiger partial charge in [-0.15, -0.1) is 0 Å². The van der Waals surface area contributed by atoms with Crippen LogP contribution in [0.2, 0.25) is 0 Å². The van der Waals surface area contributed by atoms with Crippen molar-refractivity contribution in [2.45, 2.75) is 33.1 Å². The molecule has 0 aliphatic carbocycles. The van der Waals surface area contributed by atoms with Crippen LogP contribution in [0.25, 0.3) is 0 Å². The second-order valence-electron chi connectivity index (χ2n) is 4.79. The maximum Gasteiger partial charge on any atom is 0.240 e. The molecule has 1 aliphatic rings. The van der Waals surface area contributed by atoms with Crippen molar-refractivity contribution in [2.24, 2.45) is 5.41 Å². The fourth-order valence-electron chi connectivity index (χ4n) is 2.48. The van der Waals surface area contributed by atoms with Crippen molar-refractivity contribution >= 4 is 23.2 Å². The molecule has 1 fully saturated rings. The molecule has 2 amide bonds. The van der Waals surface area contributed by atoms with E-state index in [4.69, 9.17) is 5.73 Å². The molecule has 0 radical (unpaired) electrons. The number of imide groups is 1. The van der Waals surface area contributed by atoms with Crippen molar-refractivity contribution < 1.29 is 9.59 Å². The molecule has 0 aromatic heterocycles. The van der Waals surface area contributed by atoms with E-state index in [1.807, 2.05) is 13.8 Å². The zero-order chi connectivity index (χ0) is 13.3. The number of nitrogens with zero attached hydrogens (tertiary/aromatic N) is 1. The predicted octanol–water partition coefficient (Wildman–Crippen LogP) is 2.34. The third-order valence-corrected chi connectivity index (χ3v) is 3.90. The van der Waals surface area contributed by atoms with Crippen LogP contribution < -0.4 is 10.6 Å². The highest BCUT2D eigenvalue weighted by molar-refractivity contribution is 6.22. The van der Waals surface area contributed by atoms with Gasteiger partial charge in [0.25, 0.3) is 0 Å². The standard InChI is InChI=1S/C14H18N2O2/c1-3-14(4-2)9-12(17)16(13(14)18)11-7-5-10(15)6-8-11/h5-8H,3-4,9,15H2,1-2H3. The molecule has 96 valence electrons. The van der Waals surface area contributed by atoms with E-state index >= 15 is 0 Å². The summed E-state index contributed by atoms with van der Waals surface area (Å²) in [4.78, 5) is 25.8. The van der Waals surface area contributed by atoms with Crippen LogP contribution in [-0.2, 0) is 9.59 Å². The number of nitrogens with two attached hydrogens (primary N) is 1. The van der Waals surface area contributed by atoms with Gasteiger partial charge >= 0.3 is 0 Å². The normalized spacial score (nSPS) is 18.4. The smallest absolute Gasteiger partial charge is 0.240 e. The van der Waals surface area contributed by atoms with E-state index in [2.05, 4.69) is 0 Å². The molecule has 1 heterocycles. The minimum atomic E-state index is -0.515. The van der Waals surface area contributed by atoms with Gasteiger partial charge in [0.2, 0.25) is 11.8 Å². The molecule has 4 heteroatoms.